The van der Waals surface area contributed by atoms with Gasteiger partial charge in [-0.25, -0.2) is 0 Å². The highest BCUT2D eigenvalue weighted by Gasteiger charge is 2.53. The van der Waals surface area contributed by atoms with Crippen LogP contribution in [0.25, 0.3) is 0 Å². The minimum atomic E-state index is 0.773. The highest BCUT2D eigenvalue weighted by atomic mass is 15.1. The Morgan fingerprint density at radius 1 is 1.16 bits per heavy atom. The third-order valence-electron chi connectivity index (χ3n) is 6.24. The topological polar surface area (TPSA) is 15.3 Å². The van der Waals surface area contributed by atoms with Crippen LogP contribution in [-0.4, -0.2) is 37.6 Å². The van der Waals surface area contributed by atoms with Crippen LogP contribution < -0.4 is 5.32 Å². The summed E-state index contributed by atoms with van der Waals surface area (Å²) >= 11 is 0. The van der Waals surface area contributed by atoms with Crippen molar-refractivity contribution >= 4 is 0 Å². The van der Waals surface area contributed by atoms with Gasteiger partial charge in [0.2, 0.25) is 0 Å². The van der Waals surface area contributed by atoms with E-state index in [0.717, 1.165) is 23.2 Å². The van der Waals surface area contributed by atoms with E-state index in [1.807, 2.05) is 0 Å². The molecule has 19 heavy (non-hydrogen) atoms. The Bertz CT molecular complexity index is 294. The lowest BCUT2D eigenvalue weighted by Crippen LogP contribution is -2.33. The summed E-state index contributed by atoms with van der Waals surface area (Å²) in [5.74, 6) is 2.90. The SMILES string of the molecule is CC(C)C1CCCN(CC2CC23CCNCC3)CC1. The molecule has 3 aliphatic rings. The van der Waals surface area contributed by atoms with Gasteiger partial charge in [-0.1, -0.05) is 13.8 Å². The van der Waals surface area contributed by atoms with Crippen molar-refractivity contribution in [2.45, 2.75) is 52.4 Å². The Hall–Kier alpha value is -0.0800. The zero-order valence-corrected chi connectivity index (χ0v) is 13.0. The first kappa shape index (κ1) is 13.9. The molecule has 2 saturated heterocycles. The molecule has 3 fully saturated rings. The van der Waals surface area contributed by atoms with E-state index in [2.05, 4.69) is 24.1 Å². The van der Waals surface area contributed by atoms with Gasteiger partial charge in [-0.3, -0.25) is 0 Å². The van der Waals surface area contributed by atoms with Gasteiger partial charge in [-0.15, -0.1) is 0 Å². The number of hydrogen-bond acceptors (Lipinski definition) is 2. The van der Waals surface area contributed by atoms with Gasteiger partial charge in [0.05, 0.1) is 0 Å². The molecular formula is C17H32N2. The Morgan fingerprint density at radius 3 is 2.68 bits per heavy atom. The summed E-state index contributed by atoms with van der Waals surface area (Å²) in [6.07, 6.45) is 8.76. The third kappa shape index (κ3) is 3.16. The lowest BCUT2D eigenvalue weighted by Gasteiger charge is -2.26. The van der Waals surface area contributed by atoms with E-state index in [1.54, 1.807) is 0 Å². The molecule has 1 aliphatic carbocycles. The van der Waals surface area contributed by atoms with E-state index in [1.165, 1.54) is 71.2 Å². The van der Waals surface area contributed by atoms with E-state index in [4.69, 9.17) is 0 Å². The molecule has 2 unspecified atom stereocenters. The van der Waals surface area contributed by atoms with Crippen LogP contribution in [0.3, 0.4) is 0 Å². The molecule has 0 aromatic rings. The van der Waals surface area contributed by atoms with Crippen molar-refractivity contribution in [1.29, 1.82) is 0 Å². The first-order valence-electron chi connectivity index (χ1n) is 8.63. The maximum absolute atomic E-state index is 3.52. The standard InChI is InChI=1S/C17H32N2/c1-14(2)15-4-3-10-19(11-5-15)13-16-12-17(16)6-8-18-9-7-17/h14-16,18H,3-13H2,1-2H3. The minimum absolute atomic E-state index is 0.773. The molecule has 0 aromatic heterocycles. The van der Waals surface area contributed by atoms with Gasteiger partial charge in [-0.05, 0) is 87.9 Å². The molecule has 0 amide bonds. The molecule has 2 heterocycles. The molecule has 0 bridgehead atoms. The van der Waals surface area contributed by atoms with Crippen LogP contribution in [0.15, 0.2) is 0 Å². The summed E-state index contributed by atoms with van der Waals surface area (Å²) in [6.45, 7) is 11.5. The number of nitrogens with zero attached hydrogens (tertiary/aromatic N) is 1. The third-order valence-corrected chi connectivity index (χ3v) is 6.24. The van der Waals surface area contributed by atoms with Crippen molar-refractivity contribution < 1.29 is 0 Å². The Kier molecular flexibility index (Phi) is 4.19. The summed E-state index contributed by atoms with van der Waals surface area (Å²) in [4.78, 5) is 2.80. The van der Waals surface area contributed by atoms with Crippen molar-refractivity contribution in [3.63, 3.8) is 0 Å². The lowest BCUT2D eigenvalue weighted by molar-refractivity contribution is 0.230. The zero-order chi connectivity index (χ0) is 13.3. The normalized spacial score (nSPS) is 35.5. The molecule has 110 valence electrons. The maximum Gasteiger partial charge on any atom is 0.00152 e. The van der Waals surface area contributed by atoms with Gasteiger partial charge >= 0.3 is 0 Å². The smallest absolute Gasteiger partial charge is 0.00152 e. The molecule has 0 aromatic carbocycles. The molecule has 2 heteroatoms. The van der Waals surface area contributed by atoms with E-state index < -0.39 is 0 Å². The Morgan fingerprint density at radius 2 is 1.95 bits per heavy atom. The molecule has 1 saturated carbocycles. The Balaban J connectivity index is 1.46. The summed E-state index contributed by atoms with van der Waals surface area (Å²) in [7, 11) is 0. The largest absolute Gasteiger partial charge is 0.317 e. The summed E-state index contributed by atoms with van der Waals surface area (Å²) < 4.78 is 0. The molecule has 3 rings (SSSR count). The van der Waals surface area contributed by atoms with Crippen LogP contribution in [0.2, 0.25) is 0 Å². The van der Waals surface area contributed by atoms with Crippen LogP contribution in [0.5, 0.6) is 0 Å². The zero-order valence-electron chi connectivity index (χ0n) is 13.0. The van der Waals surface area contributed by atoms with E-state index in [9.17, 15) is 0 Å². The molecule has 2 atom stereocenters. The van der Waals surface area contributed by atoms with Crippen LogP contribution in [-0.2, 0) is 0 Å². The average molecular weight is 264 g/mol. The molecule has 1 spiro atoms. The summed E-state index contributed by atoms with van der Waals surface area (Å²) in [5, 5.41) is 3.52. The van der Waals surface area contributed by atoms with E-state index >= 15 is 0 Å². The fraction of sp³-hybridized carbons (Fsp3) is 1.00. The fourth-order valence-corrected chi connectivity index (χ4v) is 4.57. The average Bonchev–Trinajstić information content (AvgIpc) is 3.10. The predicted octanol–water partition coefficient (Wildman–Crippen LogP) is 3.13. The fourth-order valence-electron chi connectivity index (χ4n) is 4.57. The summed E-state index contributed by atoms with van der Waals surface area (Å²) in [6, 6.07) is 0. The molecule has 2 aliphatic heterocycles. The van der Waals surface area contributed by atoms with Gasteiger partial charge in [0.1, 0.15) is 0 Å². The monoisotopic (exact) mass is 264 g/mol. The van der Waals surface area contributed by atoms with Crippen molar-refractivity contribution in [2.75, 3.05) is 32.7 Å². The van der Waals surface area contributed by atoms with Gasteiger partial charge < -0.3 is 10.2 Å². The maximum atomic E-state index is 3.52. The Labute approximate surface area is 119 Å². The van der Waals surface area contributed by atoms with Crippen LogP contribution >= 0.6 is 0 Å². The van der Waals surface area contributed by atoms with Crippen molar-refractivity contribution in [3.05, 3.63) is 0 Å². The second-order valence-electron chi connectivity index (χ2n) is 7.75. The molecule has 2 nitrogen and oxygen atoms in total. The highest BCUT2D eigenvalue weighted by Crippen LogP contribution is 2.58. The van der Waals surface area contributed by atoms with Gasteiger partial charge in [0.15, 0.2) is 0 Å². The van der Waals surface area contributed by atoms with E-state index in [-0.39, 0.29) is 0 Å². The second-order valence-corrected chi connectivity index (χ2v) is 7.75. The molecule has 1 N–H and O–H groups in total. The summed E-state index contributed by atoms with van der Waals surface area (Å²) in [5.41, 5.74) is 0.773. The van der Waals surface area contributed by atoms with Crippen molar-refractivity contribution in [3.8, 4) is 0 Å². The highest BCUT2D eigenvalue weighted by molar-refractivity contribution is 5.05. The number of nitrogens with one attached hydrogen (secondary N) is 1. The number of hydrogen-bond donors (Lipinski definition) is 1. The second kappa shape index (κ2) is 5.73. The number of likely N-dealkylation sites (tertiary alicyclic amines) is 1. The number of piperidine rings is 1. The van der Waals surface area contributed by atoms with Gasteiger partial charge in [0, 0.05) is 6.54 Å². The van der Waals surface area contributed by atoms with Crippen molar-refractivity contribution in [1.82, 2.24) is 10.2 Å². The van der Waals surface area contributed by atoms with Crippen LogP contribution in [0.4, 0.5) is 0 Å². The van der Waals surface area contributed by atoms with Gasteiger partial charge in [0.25, 0.3) is 0 Å². The quantitative estimate of drug-likeness (QED) is 0.842. The molecule has 0 radical (unpaired) electrons. The van der Waals surface area contributed by atoms with Gasteiger partial charge in [-0.2, -0.15) is 0 Å². The predicted molar refractivity (Wildman–Crippen MR) is 81.3 cm³/mol. The van der Waals surface area contributed by atoms with E-state index in [0.29, 0.717) is 0 Å². The van der Waals surface area contributed by atoms with Crippen molar-refractivity contribution in [2.24, 2.45) is 23.2 Å². The first-order chi connectivity index (χ1) is 9.20. The minimum Gasteiger partial charge on any atom is -0.317 e. The first-order valence-corrected chi connectivity index (χ1v) is 8.63. The number of rotatable bonds is 3. The lowest BCUT2D eigenvalue weighted by atomic mass is 9.89. The van der Waals surface area contributed by atoms with Crippen LogP contribution in [0.1, 0.15) is 52.4 Å². The van der Waals surface area contributed by atoms with Crippen LogP contribution in [0, 0.1) is 23.2 Å². The molecular weight excluding hydrogens is 232 g/mol.